The highest BCUT2D eigenvalue weighted by atomic mass is 79.9. The summed E-state index contributed by atoms with van der Waals surface area (Å²) in [4.78, 5) is 0. The highest BCUT2D eigenvalue weighted by Crippen LogP contribution is 2.42. The molecule has 0 aliphatic heterocycles. The van der Waals surface area contributed by atoms with Crippen LogP contribution in [0.1, 0.15) is 37.8 Å². The van der Waals surface area contributed by atoms with Gasteiger partial charge in [0.15, 0.2) is 0 Å². The topological polar surface area (TPSA) is 46.2 Å². The summed E-state index contributed by atoms with van der Waals surface area (Å²) in [6.45, 7) is 2.13. The third-order valence-corrected chi connectivity index (χ3v) is 4.48. The molecule has 1 aromatic carbocycles. The van der Waals surface area contributed by atoms with Gasteiger partial charge in [-0.05, 0) is 44.3 Å². The summed E-state index contributed by atoms with van der Waals surface area (Å²) < 4.78 is 2.22. The number of rotatable bonds is 4. The molecule has 0 aromatic heterocycles. The summed E-state index contributed by atoms with van der Waals surface area (Å²) >= 11 is 10.1. The molecule has 2 nitrogen and oxygen atoms in total. The fraction of sp³-hybridized carbons (Fsp3) is 0.455. The van der Waals surface area contributed by atoms with Crippen LogP contribution in [0.4, 0.5) is 0 Å². The summed E-state index contributed by atoms with van der Waals surface area (Å²) in [6, 6.07) is 1.75. The zero-order valence-electron chi connectivity index (χ0n) is 9.34. The lowest BCUT2D eigenvalue weighted by Gasteiger charge is -2.17. The van der Waals surface area contributed by atoms with E-state index in [-0.39, 0.29) is 24.2 Å². The molecular weight excluding hydrogens is 437 g/mol. The molecule has 0 aliphatic carbocycles. The van der Waals surface area contributed by atoms with Crippen molar-refractivity contribution in [3.05, 3.63) is 25.0 Å². The average Bonchev–Trinajstić information content (AvgIpc) is 2.23. The number of benzene rings is 1. The summed E-state index contributed by atoms with van der Waals surface area (Å²) in [7, 11) is 0. The number of phenols is 1. The summed E-state index contributed by atoms with van der Waals surface area (Å²) in [5.41, 5.74) is 7.04. The third-order valence-electron chi connectivity index (χ3n) is 2.42. The molecule has 0 amide bonds. The van der Waals surface area contributed by atoms with Crippen LogP contribution in [0.25, 0.3) is 0 Å². The van der Waals surface area contributed by atoms with Crippen molar-refractivity contribution < 1.29 is 5.11 Å². The Morgan fingerprint density at radius 1 is 1.29 bits per heavy atom. The molecule has 1 atom stereocenters. The largest absolute Gasteiger partial charge is 0.506 e. The number of halogens is 4. The van der Waals surface area contributed by atoms with Gasteiger partial charge in [-0.15, -0.1) is 12.4 Å². The predicted molar refractivity (Wildman–Crippen MR) is 84.9 cm³/mol. The molecule has 0 saturated carbocycles. The van der Waals surface area contributed by atoms with E-state index in [1.807, 2.05) is 6.07 Å². The molecule has 6 heteroatoms. The molecule has 0 fully saturated rings. The van der Waals surface area contributed by atoms with Crippen molar-refractivity contribution in [2.24, 2.45) is 5.73 Å². The van der Waals surface area contributed by atoms with Gasteiger partial charge in [0.2, 0.25) is 0 Å². The zero-order chi connectivity index (χ0) is 12.3. The highest BCUT2D eigenvalue weighted by molar-refractivity contribution is 9.11. The Hall–Kier alpha value is 0.710. The second-order valence-electron chi connectivity index (χ2n) is 3.67. The van der Waals surface area contributed by atoms with Crippen molar-refractivity contribution in [2.45, 2.75) is 32.2 Å². The third kappa shape index (κ3) is 4.39. The molecule has 17 heavy (non-hydrogen) atoms. The van der Waals surface area contributed by atoms with E-state index < -0.39 is 0 Å². The van der Waals surface area contributed by atoms with E-state index in [4.69, 9.17) is 5.73 Å². The van der Waals surface area contributed by atoms with Crippen molar-refractivity contribution >= 4 is 60.2 Å². The number of aromatic hydroxyl groups is 1. The maximum absolute atomic E-state index is 9.82. The van der Waals surface area contributed by atoms with Gasteiger partial charge in [0.25, 0.3) is 0 Å². The maximum atomic E-state index is 9.82. The fourth-order valence-corrected chi connectivity index (χ4v) is 4.21. The minimum Gasteiger partial charge on any atom is -0.506 e. The van der Waals surface area contributed by atoms with Crippen molar-refractivity contribution in [2.75, 3.05) is 0 Å². The minimum atomic E-state index is -0.0669. The van der Waals surface area contributed by atoms with Crippen LogP contribution in [0.15, 0.2) is 19.5 Å². The van der Waals surface area contributed by atoms with Crippen LogP contribution < -0.4 is 5.73 Å². The minimum absolute atomic E-state index is 0. The lowest BCUT2D eigenvalue weighted by Crippen LogP contribution is -2.11. The first kappa shape index (κ1) is 17.7. The average molecular weight is 452 g/mol. The van der Waals surface area contributed by atoms with Gasteiger partial charge in [-0.3, -0.25) is 0 Å². The predicted octanol–water partition coefficient (Wildman–Crippen LogP) is 5.29. The monoisotopic (exact) mass is 449 g/mol. The second-order valence-corrected chi connectivity index (χ2v) is 6.17. The van der Waals surface area contributed by atoms with Gasteiger partial charge in [0.05, 0.1) is 8.95 Å². The van der Waals surface area contributed by atoms with Crippen molar-refractivity contribution in [1.29, 1.82) is 0 Å². The molecule has 0 spiro atoms. The van der Waals surface area contributed by atoms with Crippen LogP contribution in [-0.2, 0) is 0 Å². The van der Waals surface area contributed by atoms with Gasteiger partial charge in [0.1, 0.15) is 5.75 Å². The van der Waals surface area contributed by atoms with E-state index in [1.165, 1.54) is 0 Å². The van der Waals surface area contributed by atoms with Crippen LogP contribution in [0.2, 0.25) is 0 Å². The summed E-state index contributed by atoms with van der Waals surface area (Å²) in [5.74, 6) is 0.199. The zero-order valence-corrected chi connectivity index (χ0v) is 14.9. The number of nitrogens with two attached hydrogens (primary N) is 1. The Morgan fingerprint density at radius 2 is 1.88 bits per heavy atom. The number of unbranched alkanes of at least 4 members (excludes halogenated alkanes) is 1. The van der Waals surface area contributed by atoms with Crippen molar-refractivity contribution in [3.63, 3.8) is 0 Å². The molecule has 0 saturated heterocycles. The van der Waals surface area contributed by atoms with Gasteiger partial charge in [0, 0.05) is 16.1 Å². The molecule has 1 aromatic rings. The van der Waals surface area contributed by atoms with Crippen LogP contribution in [0.5, 0.6) is 5.75 Å². The van der Waals surface area contributed by atoms with Crippen LogP contribution in [0.3, 0.4) is 0 Å². The first-order valence-electron chi connectivity index (χ1n) is 5.11. The molecule has 0 bridgehead atoms. The van der Waals surface area contributed by atoms with Crippen LogP contribution >= 0.6 is 60.2 Å². The molecule has 3 N–H and O–H groups in total. The quantitative estimate of drug-likeness (QED) is 0.652. The van der Waals surface area contributed by atoms with Crippen LogP contribution in [-0.4, -0.2) is 5.11 Å². The molecule has 1 rings (SSSR count). The first-order valence-corrected chi connectivity index (χ1v) is 7.48. The molecule has 0 unspecified atom stereocenters. The Labute approximate surface area is 133 Å². The summed E-state index contributed by atoms with van der Waals surface area (Å²) in [6.07, 6.45) is 3.11. The number of hydrogen-bond acceptors (Lipinski definition) is 2. The van der Waals surface area contributed by atoms with E-state index in [2.05, 4.69) is 54.7 Å². The van der Waals surface area contributed by atoms with E-state index in [0.717, 1.165) is 29.3 Å². The van der Waals surface area contributed by atoms with Gasteiger partial charge < -0.3 is 10.8 Å². The van der Waals surface area contributed by atoms with Crippen LogP contribution in [0, 0.1) is 0 Å². The lowest BCUT2D eigenvalue weighted by atomic mass is 10.0. The Morgan fingerprint density at radius 3 is 2.41 bits per heavy atom. The highest BCUT2D eigenvalue weighted by Gasteiger charge is 2.18. The Kier molecular flexibility index (Phi) is 8.33. The lowest BCUT2D eigenvalue weighted by molar-refractivity contribution is 0.465. The van der Waals surface area contributed by atoms with Crippen molar-refractivity contribution in [3.8, 4) is 5.75 Å². The van der Waals surface area contributed by atoms with Crippen molar-refractivity contribution in [1.82, 2.24) is 0 Å². The van der Waals surface area contributed by atoms with Gasteiger partial charge >= 0.3 is 0 Å². The second kappa shape index (κ2) is 8.00. The van der Waals surface area contributed by atoms with Gasteiger partial charge in [-0.1, -0.05) is 35.7 Å². The smallest absolute Gasteiger partial charge is 0.144 e. The van der Waals surface area contributed by atoms with E-state index in [0.29, 0.717) is 8.95 Å². The Balaban J connectivity index is 0.00000256. The van der Waals surface area contributed by atoms with E-state index >= 15 is 0 Å². The SMILES string of the molecule is CCCC[C@@H](N)c1c(Br)cc(Br)c(O)c1Br.Cl. The Bertz CT molecular complexity index is 387. The normalized spacial score (nSPS) is 12.1. The molecular formula is C11H15Br3ClNO. The van der Waals surface area contributed by atoms with E-state index in [9.17, 15) is 5.11 Å². The molecule has 98 valence electrons. The van der Waals surface area contributed by atoms with Gasteiger partial charge in [-0.2, -0.15) is 0 Å². The first-order chi connectivity index (χ1) is 7.49. The maximum Gasteiger partial charge on any atom is 0.144 e. The van der Waals surface area contributed by atoms with Gasteiger partial charge in [-0.25, -0.2) is 0 Å². The standard InChI is InChI=1S/C11H14Br3NO.ClH/c1-2-3-4-8(15)9-6(12)5-7(13)11(16)10(9)14;/h5,8,16H,2-4,15H2,1H3;1H/t8-;/m1./s1. The number of hydrogen-bond donors (Lipinski definition) is 2. The molecule has 0 heterocycles. The summed E-state index contributed by atoms with van der Waals surface area (Å²) in [5, 5.41) is 9.82. The fourth-order valence-electron chi connectivity index (χ4n) is 1.50. The molecule has 0 aliphatic rings. The number of phenolic OH excluding ortho intramolecular Hbond substituents is 1. The molecule has 0 radical (unpaired) electrons. The van der Waals surface area contributed by atoms with E-state index in [1.54, 1.807) is 0 Å².